The van der Waals surface area contributed by atoms with Crippen LogP contribution >= 0.6 is 11.3 Å². The van der Waals surface area contributed by atoms with Crippen LogP contribution in [0.25, 0.3) is 97.8 Å². The van der Waals surface area contributed by atoms with Crippen LogP contribution in [0.2, 0.25) is 0 Å². The van der Waals surface area contributed by atoms with Gasteiger partial charge in [-0.25, -0.2) is 15.0 Å². The molecule has 46 heavy (non-hydrogen) atoms. The van der Waals surface area contributed by atoms with E-state index >= 15 is 0 Å². The zero-order valence-electron chi connectivity index (χ0n) is 24.4. The fourth-order valence-corrected chi connectivity index (χ4v) is 8.12. The topological polar surface area (TPSA) is 51.8 Å². The summed E-state index contributed by atoms with van der Waals surface area (Å²) in [7, 11) is 0. The number of benzene rings is 7. The van der Waals surface area contributed by atoms with E-state index in [1.165, 1.54) is 36.3 Å². The standard InChI is InChI=1S/C41H23N3OS/c1-2-11-24(12-3-1)39-42-40(31-17-10-19-34-37(31)30-16-6-8-18-33(30)45-34)44-41(43-39)32-23-25-21-22-29-27-14-7-9-20-35(27)46-38(29)36(25)28-15-5-4-13-26(28)32/h1-23H. The predicted molar refractivity (Wildman–Crippen MR) is 191 cm³/mol. The predicted octanol–water partition coefficient (Wildman–Crippen LogP) is 11.4. The second-order valence-corrected chi connectivity index (χ2v) is 12.6. The first-order valence-electron chi connectivity index (χ1n) is 15.3. The van der Waals surface area contributed by atoms with Gasteiger partial charge in [-0.2, -0.15) is 0 Å². The first-order valence-corrected chi connectivity index (χ1v) is 16.1. The number of para-hydroxylation sites is 1. The smallest absolute Gasteiger partial charge is 0.164 e. The molecule has 0 N–H and O–H groups in total. The van der Waals surface area contributed by atoms with Crippen LogP contribution in [0.15, 0.2) is 144 Å². The largest absolute Gasteiger partial charge is 0.456 e. The molecule has 0 aliphatic carbocycles. The van der Waals surface area contributed by atoms with Crippen LogP contribution in [0.1, 0.15) is 0 Å². The Kier molecular flexibility index (Phi) is 5.41. The number of hydrogen-bond acceptors (Lipinski definition) is 5. The van der Waals surface area contributed by atoms with Gasteiger partial charge < -0.3 is 4.42 Å². The molecule has 7 aromatic carbocycles. The lowest BCUT2D eigenvalue weighted by Gasteiger charge is -2.13. The van der Waals surface area contributed by atoms with Crippen LogP contribution in [0.5, 0.6) is 0 Å². The van der Waals surface area contributed by atoms with E-state index in [2.05, 4.69) is 78.9 Å². The number of hydrogen-bond donors (Lipinski definition) is 0. The summed E-state index contributed by atoms with van der Waals surface area (Å²) < 4.78 is 8.84. The van der Waals surface area contributed by atoms with Crippen molar-refractivity contribution in [3.63, 3.8) is 0 Å². The maximum Gasteiger partial charge on any atom is 0.164 e. The SMILES string of the molecule is c1ccc(-c2nc(-c3cc4ccc5c6ccccc6sc5c4c4ccccc34)nc(-c3cccc4oc5ccccc5c34)n2)cc1. The van der Waals surface area contributed by atoms with E-state index in [-0.39, 0.29) is 0 Å². The third kappa shape index (κ3) is 3.76. The molecule has 10 rings (SSSR count). The Bertz CT molecular complexity index is 2820. The summed E-state index contributed by atoms with van der Waals surface area (Å²) in [5.74, 6) is 1.89. The van der Waals surface area contributed by atoms with Crippen molar-refractivity contribution in [2.75, 3.05) is 0 Å². The van der Waals surface area contributed by atoms with Crippen molar-refractivity contribution in [2.45, 2.75) is 0 Å². The molecule has 4 nitrogen and oxygen atoms in total. The molecule has 0 aliphatic heterocycles. The maximum atomic E-state index is 6.24. The molecule has 0 saturated carbocycles. The molecular weight excluding hydrogens is 583 g/mol. The number of fused-ring (bicyclic) bond motifs is 10. The van der Waals surface area contributed by atoms with Crippen molar-refractivity contribution in [1.82, 2.24) is 15.0 Å². The monoisotopic (exact) mass is 605 g/mol. The van der Waals surface area contributed by atoms with Crippen molar-refractivity contribution in [2.24, 2.45) is 0 Å². The van der Waals surface area contributed by atoms with Gasteiger partial charge in [0.2, 0.25) is 0 Å². The molecule has 0 aliphatic rings. The second kappa shape index (κ2) is 9.80. The van der Waals surface area contributed by atoms with Crippen LogP contribution < -0.4 is 0 Å². The molecule has 0 saturated heterocycles. The van der Waals surface area contributed by atoms with Crippen LogP contribution in [-0.2, 0) is 0 Å². The molecule has 0 amide bonds. The Balaban J connectivity index is 1.29. The quantitative estimate of drug-likeness (QED) is 0.188. The van der Waals surface area contributed by atoms with Crippen molar-refractivity contribution in [3.05, 3.63) is 140 Å². The highest BCUT2D eigenvalue weighted by atomic mass is 32.1. The third-order valence-corrected chi connectivity index (χ3v) is 10.1. The fourth-order valence-electron chi connectivity index (χ4n) is 6.85. The molecular formula is C41H23N3OS. The van der Waals surface area contributed by atoms with E-state index in [0.29, 0.717) is 17.5 Å². The lowest BCUT2D eigenvalue weighted by Crippen LogP contribution is -2.01. The molecule has 3 aromatic heterocycles. The van der Waals surface area contributed by atoms with Gasteiger partial charge in [0.15, 0.2) is 17.5 Å². The molecule has 10 aromatic rings. The lowest BCUT2D eigenvalue weighted by molar-refractivity contribution is 0.669. The first kappa shape index (κ1) is 25.4. The average molecular weight is 606 g/mol. The van der Waals surface area contributed by atoms with Gasteiger partial charge in [0, 0.05) is 53.0 Å². The molecule has 0 atom stereocenters. The Morgan fingerprint density at radius 2 is 1.11 bits per heavy atom. The maximum absolute atomic E-state index is 6.24. The summed E-state index contributed by atoms with van der Waals surface area (Å²) in [6.45, 7) is 0. The average Bonchev–Trinajstić information content (AvgIpc) is 3.70. The summed E-state index contributed by atoms with van der Waals surface area (Å²) >= 11 is 1.86. The van der Waals surface area contributed by atoms with Crippen LogP contribution in [-0.4, -0.2) is 15.0 Å². The number of thiophene rings is 1. The van der Waals surface area contributed by atoms with E-state index in [0.717, 1.165) is 44.0 Å². The van der Waals surface area contributed by atoms with Gasteiger partial charge in [0.05, 0.1) is 0 Å². The van der Waals surface area contributed by atoms with E-state index in [4.69, 9.17) is 19.4 Å². The zero-order valence-corrected chi connectivity index (χ0v) is 25.3. The first-order chi connectivity index (χ1) is 22.8. The van der Waals surface area contributed by atoms with E-state index in [1.807, 2.05) is 72.0 Å². The summed E-state index contributed by atoms with van der Waals surface area (Å²) in [4.78, 5) is 15.5. The molecule has 0 radical (unpaired) electrons. The molecule has 214 valence electrons. The van der Waals surface area contributed by atoms with Crippen LogP contribution in [0, 0.1) is 0 Å². The van der Waals surface area contributed by atoms with Crippen molar-refractivity contribution < 1.29 is 4.42 Å². The number of rotatable bonds is 3. The van der Waals surface area contributed by atoms with Gasteiger partial charge in [-0.3, -0.25) is 0 Å². The highest BCUT2D eigenvalue weighted by Crippen LogP contribution is 2.44. The van der Waals surface area contributed by atoms with Crippen molar-refractivity contribution >= 4 is 75.0 Å². The minimum absolute atomic E-state index is 0.616. The molecule has 0 unspecified atom stereocenters. The number of aromatic nitrogens is 3. The van der Waals surface area contributed by atoms with Gasteiger partial charge in [-0.05, 0) is 40.4 Å². The Morgan fingerprint density at radius 1 is 0.435 bits per heavy atom. The van der Waals surface area contributed by atoms with Gasteiger partial charge in [-0.15, -0.1) is 11.3 Å². The van der Waals surface area contributed by atoms with E-state index < -0.39 is 0 Å². The van der Waals surface area contributed by atoms with E-state index in [1.54, 1.807) is 0 Å². The van der Waals surface area contributed by atoms with Gasteiger partial charge >= 0.3 is 0 Å². The van der Waals surface area contributed by atoms with E-state index in [9.17, 15) is 0 Å². The summed E-state index contributed by atoms with van der Waals surface area (Å²) in [5, 5.41) is 9.38. The fraction of sp³-hybridized carbons (Fsp3) is 0. The number of nitrogens with zero attached hydrogens (tertiary/aromatic N) is 3. The van der Waals surface area contributed by atoms with Gasteiger partial charge in [-0.1, -0.05) is 115 Å². The highest BCUT2D eigenvalue weighted by molar-refractivity contribution is 7.26. The lowest BCUT2D eigenvalue weighted by atomic mass is 9.95. The van der Waals surface area contributed by atoms with Crippen LogP contribution in [0.4, 0.5) is 0 Å². The molecule has 0 bridgehead atoms. The molecule has 0 fully saturated rings. The summed E-state index contributed by atoms with van der Waals surface area (Å²) in [5.41, 5.74) is 4.49. The van der Waals surface area contributed by atoms with Gasteiger partial charge in [0.25, 0.3) is 0 Å². The highest BCUT2D eigenvalue weighted by Gasteiger charge is 2.20. The minimum Gasteiger partial charge on any atom is -0.456 e. The Morgan fingerprint density at radius 3 is 1.98 bits per heavy atom. The second-order valence-electron chi connectivity index (χ2n) is 11.6. The Hall–Kier alpha value is -5.91. The van der Waals surface area contributed by atoms with Crippen LogP contribution in [0.3, 0.4) is 0 Å². The minimum atomic E-state index is 0.616. The van der Waals surface area contributed by atoms with Crippen molar-refractivity contribution in [1.29, 1.82) is 0 Å². The third-order valence-electron chi connectivity index (χ3n) is 8.92. The normalized spacial score (nSPS) is 11.9. The van der Waals surface area contributed by atoms with Gasteiger partial charge in [0.1, 0.15) is 11.2 Å². The summed E-state index contributed by atoms with van der Waals surface area (Å²) in [6, 6.07) is 48.4. The molecule has 3 heterocycles. The Labute approximate surface area is 267 Å². The number of furan rings is 1. The summed E-state index contributed by atoms with van der Waals surface area (Å²) in [6.07, 6.45) is 0. The zero-order chi connectivity index (χ0) is 30.2. The molecule has 0 spiro atoms. The molecule has 5 heteroatoms. The van der Waals surface area contributed by atoms with Crippen molar-refractivity contribution in [3.8, 4) is 34.2 Å².